The zero-order chi connectivity index (χ0) is 25.5. The number of nitrogens with zero attached hydrogens (tertiary/aromatic N) is 2. The van der Waals surface area contributed by atoms with Crippen LogP contribution in [-0.4, -0.2) is 83.1 Å². The number of fused-ring (bicyclic) bond motifs is 5. The summed E-state index contributed by atoms with van der Waals surface area (Å²) in [5.74, 6) is 2.41. The van der Waals surface area contributed by atoms with Gasteiger partial charge in [0.2, 0.25) is 0 Å². The van der Waals surface area contributed by atoms with E-state index in [1.165, 1.54) is 51.4 Å². The molecule has 0 aromatic carbocycles. The van der Waals surface area contributed by atoms with Gasteiger partial charge in [0.1, 0.15) is 5.72 Å². The fourth-order valence-electron chi connectivity index (χ4n) is 11.4. The van der Waals surface area contributed by atoms with Crippen LogP contribution in [0, 0.1) is 34.5 Å². The smallest absolute Gasteiger partial charge is 0.170 e. The molecule has 210 valence electrons. The summed E-state index contributed by atoms with van der Waals surface area (Å²) in [6.45, 7) is 10.6. The van der Waals surface area contributed by atoms with Gasteiger partial charge in [0.25, 0.3) is 0 Å². The van der Waals surface area contributed by atoms with E-state index in [1.54, 1.807) is 0 Å². The normalized spacial score (nSPS) is 52.5. The summed E-state index contributed by atoms with van der Waals surface area (Å²) >= 11 is 0. The second-order valence-corrected chi connectivity index (χ2v) is 14.7. The molecular formula is C31H52N2O4. The number of aliphatic hydroxyl groups excluding tert-OH is 1. The zero-order valence-electron chi connectivity index (χ0n) is 23.5. The Bertz CT molecular complexity index is 848. The molecule has 4 aliphatic carbocycles. The molecule has 7 rings (SSSR count). The predicted molar refractivity (Wildman–Crippen MR) is 143 cm³/mol. The lowest BCUT2D eigenvalue weighted by Gasteiger charge is -2.64. The largest absolute Gasteiger partial charge is 0.391 e. The summed E-state index contributed by atoms with van der Waals surface area (Å²) in [6.07, 6.45) is 14.7. The van der Waals surface area contributed by atoms with Crippen LogP contribution in [0.25, 0.3) is 0 Å². The Labute approximate surface area is 224 Å². The van der Waals surface area contributed by atoms with E-state index in [1.807, 2.05) is 0 Å². The van der Waals surface area contributed by atoms with E-state index in [4.69, 9.17) is 9.47 Å². The molecule has 0 aromatic heterocycles. The van der Waals surface area contributed by atoms with Crippen molar-refractivity contribution in [3.8, 4) is 0 Å². The molecule has 0 aromatic rings. The molecule has 7 fully saturated rings. The molecule has 1 spiro atoms. The van der Waals surface area contributed by atoms with Crippen LogP contribution in [0.3, 0.4) is 0 Å². The second-order valence-electron chi connectivity index (χ2n) is 14.7. The van der Waals surface area contributed by atoms with E-state index in [2.05, 4.69) is 23.6 Å². The Kier molecular flexibility index (Phi) is 6.35. The minimum atomic E-state index is -0.597. The van der Waals surface area contributed by atoms with E-state index < -0.39 is 5.72 Å². The highest BCUT2D eigenvalue weighted by Gasteiger charge is 2.66. The average Bonchev–Trinajstić information content (AvgIpc) is 3.47. The van der Waals surface area contributed by atoms with Gasteiger partial charge in [-0.15, -0.1) is 0 Å². The lowest BCUT2D eigenvalue weighted by molar-refractivity contribution is -0.224. The van der Waals surface area contributed by atoms with Crippen molar-refractivity contribution in [1.29, 1.82) is 0 Å². The summed E-state index contributed by atoms with van der Waals surface area (Å²) in [7, 11) is 0. The molecule has 0 bridgehead atoms. The first-order valence-electron chi connectivity index (χ1n) is 16.0. The first-order chi connectivity index (χ1) is 17.8. The van der Waals surface area contributed by atoms with E-state index in [9.17, 15) is 10.2 Å². The molecule has 6 heteroatoms. The quantitative estimate of drug-likeness (QED) is 0.568. The monoisotopic (exact) mass is 516 g/mol. The van der Waals surface area contributed by atoms with Crippen LogP contribution in [-0.2, 0) is 9.47 Å². The topological polar surface area (TPSA) is 65.4 Å². The fraction of sp³-hybridized carbons (Fsp3) is 1.00. The standard InChI is InChI=1S/C31H52N2O4/c1-28-21-26(32-16-12-30(13-17-32)36-18-19-37-30)27(34)20-22(28)6-7-23-24(28)8-10-29(2)25(23)9-11-31(29,35)33-14-4-3-5-15-33/h22-27,34-35H,3-21H2,1-2H3/t22?,23-,24-,25+,26?,27?,28+,29+,31?/m1/s1. The molecule has 4 saturated carbocycles. The molecule has 7 aliphatic rings. The molecule has 4 unspecified atom stereocenters. The first kappa shape index (κ1) is 25.7. The highest BCUT2D eigenvalue weighted by atomic mass is 16.7. The minimum Gasteiger partial charge on any atom is -0.391 e. The molecule has 3 aliphatic heterocycles. The number of ether oxygens (including phenoxy) is 2. The Hall–Kier alpha value is -0.240. The van der Waals surface area contributed by atoms with Gasteiger partial charge in [0, 0.05) is 50.5 Å². The van der Waals surface area contributed by atoms with Crippen LogP contribution in [0.2, 0.25) is 0 Å². The average molecular weight is 517 g/mol. The van der Waals surface area contributed by atoms with Crippen molar-refractivity contribution in [3.63, 3.8) is 0 Å². The van der Waals surface area contributed by atoms with Crippen LogP contribution < -0.4 is 0 Å². The third-order valence-corrected chi connectivity index (χ3v) is 13.5. The van der Waals surface area contributed by atoms with Crippen molar-refractivity contribution < 1.29 is 19.7 Å². The summed E-state index contributed by atoms with van der Waals surface area (Å²) < 4.78 is 12.0. The summed E-state index contributed by atoms with van der Waals surface area (Å²) in [5, 5.41) is 23.6. The van der Waals surface area contributed by atoms with Crippen molar-refractivity contribution in [3.05, 3.63) is 0 Å². The third kappa shape index (κ3) is 3.79. The number of aliphatic hydroxyl groups is 2. The van der Waals surface area contributed by atoms with Gasteiger partial charge in [0.05, 0.1) is 19.3 Å². The molecule has 37 heavy (non-hydrogen) atoms. The maximum Gasteiger partial charge on any atom is 0.170 e. The van der Waals surface area contributed by atoms with Crippen molar-refractivity contribution in [2.45, 2.75) is 121 Å². The number of hydrogen-bond donors (Lipinski definition) is 2. The summed E-state index contributed by atoms with van der Waals surface area (Å²) in [6, 6.07) is 0.265. The third-order valence-electron chi connectivity index (χ3n) is 13.5. The van der Waals surface area contributed by atoms with Gasteiger partial charge < -0.3 is 19.7 Å². The van der Waals surface area contributed by atoms with Gasteiger partial charge in [-0.1, -0.05) is 20.3 Å². The fourth-order valence-corrected chi connectivity index (χ4v) is 11.4. The molecule has 3 heterocycles. The van der Waals surface area contributed by atoms with Crippen LogP contribution in [0.4, 0.5) is 0 Å². The van der Waals surface area contributed by atoms with Crippen LogP contribution in [0.15, 0.2) is 0 Å². The molecule has 9 atom stereocenters. The Morgan fingerprint density at radius 3 is 2.22 bits per heavy atom. The van der Waals surface area contributed by atoms with Gasteiger partial charge in [0.15, 0.2) is 5.79 Å². The van der Waals surface area contributed by atoms with Crippen molar-refractivity contribution in [2.24, 2.45) is 34.5 Å². The predicted octanol–water partition coefficient (Wildman–Crippen LogP) is 4.38. The Morgan fingerprint density at radius 1 is 0.784 bits per heavy atom. The lowest BCUT2D eigenvalue weighted by atomic mass is 9.44. The van der Waals surface area contributed by atoms with E-state index in [-0.39, 0.29) is 23.3 Å². The maximum atomic E-state index is 12.3. The molecular weight excluding hydrogens is 464 g/mol. The van der Waals surface area contributed by atoms with E-state index >= 15 is 0 Å². The van der Waals surface area contributed by atoms with E-state index in [0.717, 1.165) is 83.3 Å². The summed E-state index contributed by atoms with van der Waals surface area (Å²) in [4.78, 5) is 5.09. The molecule has 3 saturated heterocycles. The van der Waals surface area contributed by atoms with E-state index in [0.29, 0.717) is 17.3 Å². The van der Waals surface area contributed by atoms with Crippen LogP contribution in [0.1, 0.15) is 97.3 Å². The Balaban J connectivity index is 1.10. The second kappa shape index (κ2) is 9.14. The van der Waals surface area contributed by atoms with Gasteiger partial charge in [-0.2, -0.15) is 0 Å². The highest BCUT2D eigenvalue weighted by molar-refractivity contribution is 5.15. The lowest BCUT2D eigenvalue weighted by Crippen LogP contribution is -2.64. The Morgan fingerprint density at radius 2 is 1.49 bits per heavy atom. The number of likely N-dealkylation sites (tertiary alicyclic amines) is 2. The minimum absolute atomic E-state index is 0.0325. The van der Waals surface area contributed by atoms with Gasteiger partial charge >= 0.3 is 0 Å². The zero-order valence-corrected chi connectivity index (χ0v) is 23.5. The first-order valence-corrected chi connectivity index (χ1v) is 16.0. The SMILES string of the molecule is C[C@]12CC(N3CCC4(CC3)OCCO4)C(O)CC1CC[C@@H]1[C@H]2CC[C@@]2(C)[C@H]1CCC2(O)N1CCCCC1. The molecule has 6 nitrogen and oxygen atoms in total. The van der Waals surface area contributed by atoms with Gasteiger partial charge in [-0.05, 0) is 93.3 Å². The van der Waals surface area contributed by atoms with Crippen LogP contribution in [0.5, 0.6) is 0 Å². The molecule has 0 radical (unpaired) electrons. The number of rotatable bonds is 2. The van der Waals surface area contributed by atoms with Crippen molar-refractivity contribution in [1.82, 2.24) is 9.80 Å². The number of hydrogen-bond acceptors (Lipinski definition) is 6. The van der Waals surface area contributed by atoms with Crippen molar-refractivity contribution in [2.75, 3.05) is 39.4 Å². The highest BCUT2D eigenvalue weighted by Crippen LogP contribution is 2.69. The van der Waals surface area contributed by atoms with Gasteiger partial charge in [-0.25, -0.2) is 0 Å². The van der Waals surface area contributed by atoms with Crippen molar-refractivity contribution >= 4 is 0 Å². The maximum absolute atomic E-state index is 12.3. The van der Waals surface area contributed by atoms with Gasteiger partial charge in [-0.3, -0.25) is 9.80 Å². The van der Waals surface area contributed by atoms with Crippen LogP contribution >= 0.6 is 0 Å². The summed E-state index contributed by atoms with van der Waals surface area (Å²) in [5.41, 5.74) is -0.263. The number of piperidine rings is 2. The molecule has 2 N–H and O–H groups in total. The molecule has 0 amide bonds.